The summed E-state index contributed by atoms with van der Waals surface area (Å²) in [5.74, 6) is 0.817. The minimum absolute atomic E-state index is 0.264. The Morgan fingerprint density at radius 2 is 1.22 bits per heavy atom. The molecule has 11 rings (SSSR count). The van der Waals surface area contributed by atoms with Gasteiger partial charge in [-0.25, -0.2) is 0 Å². The molecule has 8 aromatic carbocycles. The summed E-state index contributed by atoms with van der Waals surface area (Å²) in [4.78, 5) is 2.40. The van der Waals surface area contributed by atoms with Gasteiger partial charge in [-0.2, -0.15) is 0 Å². The zero-order valence-corrected chi connectivity index (χ0v) is 29.2. The molecule has 0 fully saturated rings. The van der Waals surface area contributed by atoms with Gasteiger partial charge < -0.3 is 23.9 Å². The highest BCUT2D eigenvalue weighted by Gasteiger charge is 2.29. The zero-order valence-electron chi connectivity index (χ0n) is 29.2. The highest BCUT2D eigenvalue weighted by atomic mass is 16.5. The van der Waals surface area contributed by atoms with E-state index in [2.05, 4.69) is 179 Å². The van der Waals surface area contributed by atoms with Gasteiger partial charge >= 0.3 is 0 Å². The van der Waals surface area contributed by atoms with Crippen molar-refractivity contribution >= 4 is 66.5 Å². The maximum atomic E-state index is 6.68. The van der Waals surface area contributed by atoms with Gasteiger partial charge in [-0.05, 0) is 66.2 Å². The molecular formula is C49H33N3O2. The number of furan rings is 1. The molecule has 0 saturated carbocycles. The molecule has 3 heterocycles. The number of benzene rings is 8. The number of rotatable bonds is 6. The molecule has 1 unspecified atom stereocenters. The summed E-state index contributed by atoms with van der Waals surface area (Å²) in [7, 11) is 0. The molecule has 0 aliphatic carbocycles. The van der Waals surface area contributed by atoms with E-state index in [9.17, 15) is 0 Å². The van der Waals surface area contributed by atoms with Gasteiger partial charge in [0.15, 0.2) is 12.0 Å². The second-order valence-electron chi connectivity index (χ2n) is 13.7. The average Bonchev–Trinajstić information content (AvgIpc) is 3.94. The molecule has 0 radical (unpaired) electrons. The van der Waals surface area contributed by atoms with Crippen molar-refractivity contribution in [2.45, 2.75) is 6.23 Å². The van der Waals surface area contributed by atoms with Crippen molar-refractivity contribution in [3.63, 3.8) is 0 Å². The summed E-state index contributed by atoms with van der Waals surface area (Å²) in [5, 5.41) is 7.91. The Bertz CT molecular complexity index is 3000. The predicted molar refractivity (Wildman–Crippen MR) is 222 cm³/mol. The number of nitrogens with one attached hydrogen (secondary N) is 1. The maximum Gasteiger partial charge on any atom is 0.196 e. The minimum atomic E-state index is -0.264. The molecule has 1 aliphatic heterocycles. The van der Waals surface area contributed by atoms with E-state index in [4.69, 9.17) is 9.15 Å². The highest BCUT2D eigenvalue weighted by Crippen LogP contribution is 2.50. The summed E-state index contributed by atoms with van der Waals surface area (Å²) < 4.78 is 15.6. The van der Waals surface area contributed by atoms with Crippen LogP contribution in [0.15, 0.2) is 192 Å². The van der Waals surface area contributed by atoms with E-state index in [1.165, 1.54) is 10.8 Å². The fourth-order valence-electron chi connectivity index (χ4n) is 8.25. The lowest BCUT2D eigenvalue weighted by molar-refractivity contribution is 0.263. The second-order valence-corrected chi connectivity index (χ2v) is 13.7. The Morgan fingerprint density at radius 3 is 2.07 bits per heavy atom. The molecule has 1 aliphatic rings. The van der Waals surface area contributed by atoms with Gasteiger partial charge in [0, 0.05) is 44.7 Å². The lowest BCUT2D eigenvalue weighted by atomic mass is 10.0. The Labute approximate surface area is 311 Å². The number of ether oxygens (including phenoxy) is 1. The summed E-state index contributed by atoms with van der Waals surface area (Å²) in [5.41, 5.74) is 12.5. The zero-order chi connectivity index (χ0) is 35.6. The van der Waals surface area contributed by atoms with Crippen molar-refractivity contribution in [1.29, 1.82) is 0 Å². The first-order valence-electron chi connectivity index (χ1n) is 18.3. The Morgan fingerprint density at radius 1 is 0.519 bits per heavy atom. The van der Waals surface area contributed by atoms with Gasteiger partial charge in [-0.15, -0.1) is 0 Å². The van der Waals surface area contributed by atoms with E-state index in [-0.39, 0.29) is 6.23 Å². The number of anilines is 4. The second kappa shape index (κ2) is 12.2. The SMILES string of the molecule is c1ccc(-c2ccccc2N(c2ccc3c(c2)oc2ccc4c(c23)OC(c2ccccc2)N4)c2cccc3c2c2ccccc2n3-c2ccccc2)cc1. The molecule has 256 valence electrons. The lowest BCUT2D eigenvalue weighted by Gasteiger charge is -2.28. The van der Waals surface area contributed by atoms with Crippen molar-refractivity contribution in [2.24, 2.45) is 0 Å². The van der Waals surface area contributed by atoms with Crippen LogP contribution < -0.4 is 15.0 Å². The van der Waals surface area contributed by atoms with E-state index >= 15 is 0 Å². The molecule has 1 N–H and O–H groups in total. The highest BCUT2D eigenvalue weighted by molar-refractivity contribution is 6.17. The monoisotopic (exact) mass is 695 g/mol. The Hall–Kier alpha value is -7.24. The van der Waals surface area contributed by atoms with Crippen LogP contribution in [0.25, 0.3) is 60.6 Å². The molecule has 2 aromatic heterocycles. The third-order valence-corrected chi connectivity index (χ3v) is 10.6. The van der Waals surface area contributed by atoms with Crippen LogP contribution in [0.2, 0.25) is 0 Å². The van der Waals surface area contributed by atoms with E-state index < -0.39 is 0 Å². The molecule has 0 spiro atoms. The smallest absolute Gasteiger partial charge is 0.196 e. The summed E-state index contributed by atoms with van der Waals surface area (Å²) >= 11 is 0. The fraction of sp³-hybridized carbons (Fsp3) is 0.0204. The number of fused-ring (bicyclic) bond motifs is 8. The molecule has 0 saturated heterocycles. The van der Waals surface area contributed by atoms with Crippen molar-refractivity contribution in [2.75, 3.05) is 10.2 Å². The fourth-order valence-corrected chi connectivity index (χ4v) is 8.25. The molecule has 0 bridgehead atoms. The van der Waals surface area contributed by atoms with Crippen LogP contribution in [0, 0.1) is 0 Å². The van der Waals surface area contributed by atoms with Gasteiger partial charge in [-0.3, -0.25) is 0 Å². The van der Waals surface area contributed by atoms with Crippen molar-refractivity contribution < 1.29 is 9.15 Å². The topological polar surface area (TPSA) is 42.6 Å². The van der Waals surface area contributed by atoms with Crippen LogP contribution >= 0.6 is 0 Å². The van der Waals surface area contributed by atoms with Crippen LogP contribution in [-0.4, -0.2) is 4.57 Å². The Kier molecular flexibility index (Phi) is 6.85. The van der Waals surface area contributed by atoms with Crippen molar-refractivity contribution in [3.05, 3.63) is 194 Å². The molecule has 5 nitrogen and oxygen atoms in total. The summed E-state index contributed by atoms with van der Waals surface area (Å²) in [6, 6.07) is 66.2. The summed E-state index contributed by atoms with van der Waals surface area (Å²) in [6.07, 6.45) is -0.264. The van der Waals surface area contributed by atoms with E-state index in [0.717, 1.165) is 83.8 Å². The lowest BCUT2D eigenvalue weighted by Crippen LogP contribution is -2.11. The first kappa shape index (κ1) is 30.4. The summed E-state index contributed by atoms with van der Waals surface area (Å²) in [6.45, 7) is 0. The molecule has 10 aromatic rings. The van der Waals surface area contributed by atoms with E-state index in [0.29, 0.717) is 0 Å². The van der Waals surface area contributed by atoms with Crippen LogP contribution in [0.4, 0.5) is 22.7 Å². The maximum absolute atomic E-state index is 6.68. The van der Waals surface area contributed by atoms with Crippen molar-refractivity contribution in [3.8, 4) is 22.6 Å². The molecule has 5 heteroatoms. The van der Waals surface area contributed by atoms with Crippen LogP contribution in [0.3, 0.4) is 0 Å². The average molecular weight is 696 g/mol. The van der Waals surface area contributed by atoms with Crippen molar-refractivity contribution in [1.82, 2.24) is 4.57 Å². The first-order chi connectivity index (χ1) is 26.8. The third kappa shape index (κ3) is 4.72. The third-order valence-electron chi connectivity index (χ3n) is 10.6. The minimum Gasteiger partial charge on any atom is -0.464 e. The van der Waals surface area contributed by atoms with Crippen LogP contribution in [-0.2, 0) is 0 Å². The number of nitrogens with zero attached hydrogens (tertiary/aromatic N) is 2. The molecule has 1 atom stereocenters. The number of hydrogen-bond donors (Lipinski definition) is 1. The first-order valence-corrected chi connectivity index (χ1v) is 18.3. The Balaban J connectivity index is 1.15. The van der Waals surface area contributed by atoms with Crippen LogP contribution in [0.5, 0.6) is 5.75 Å². The van der Waals surface area contributed by atoms with Crippen LogP contribution in [0.1, 0.15) is 11.8 Å². The molecule has 54 heavy (non-hydrogen) atoms. The standard InChI is InChI=1S/C49H33N3O2/c1-4-15-32(16-5-1)36-21-10-12-23-40(36)52(43-26-14-25-42-46(43)37-22-11-13-24-41(37)51(42)34-19-8-3-9-20-34)35-27-28-38-45(31-35)53-44-30-29-39-48(47(38)44)54-49(50-39)33-17-6-2-7-18-33/h1-31,49-50H. The normalized spacial score (nSPS) is 13.7. The molecule has 0 amide bonds. The van der Waals surface area contributed by atoms with Gasteiger partial charge in [-0.1, -0.05) is 121 Å². The quantitative estimate of drug-likeness (QED) is 0.188. The van der Waals surface area contributed by atoms with Gasteiger partial charge in [0.05, 0.1) is 33.5 Å². The molecular weight excluding hydrogens is 663 g/mol. The van der Waals surface area contributed by atoms with E-state index in [1.54, 1.807) is 0 Å². The number of para-hydroxylation sites is 3. The number of hydrogen-bond acceptors (Lipinski definition) is 4. The largest absolute Gasteiger partial charge is 0.464 e. The van der Waals surface area contributed by atoms with Gasteiger partial charge in [0.25, 0.3) is 0 Å². The van der Waals surface area contributed by atoms with E-state index in [1.807, 2.05) is 24.3 Å². The predicted octanol–water partition coefficient (Wildman–Crippen LogP) is 13.3. The van der Waals surface area contributed by atoms with Gasteiger partial charge in [0.2, 0.25) is 0 Å². The number of aromatic nitrogens is 1. The van der Waals surface area contributed by atoms with Gasteiger partial charge in [0.1, 0.15) is 11.2 Å².